The molecular formula is C20H34N4O2. The average Bonchev–Trinajstić information content (AvgIpc) is 3.14. The molecule has 3 rings (SSSR count). The molecule has 6 heteroatoms. The van der Waals surface area contributed by atoms with Crippen LogP contribution in [-0.2, 0) is 16.1 Å². The molecule has 0 radical (unpaired) electrons. The SMILES string of the molecule is CC(C)(C)[C@@H](Cn1ccnc1)NC(=O)C1CCN(C2CCOCC2)CC1. The number of aromatic nitrogens is 2. The Hall–Kier alpha value is -1.40. The van der Waals surface area contributed by atoms with Crippen LogP contribution >= 0.6 is 0 Å². The Bertz CT molecular complexity index is 553. The third-order valence-corrected chi connectivity index (χ3v) is 5.92. The third-order valence-electron chi connectivity index (χ3n) is 5.92. The minimum Gasteiger partial charge on any atom is -0.381 e. The van der Waals surface area contributed by atoms with E-state index in [0.717, 1.165) is 58.5 Å². The zero-order valence-corrected chi connectivity index (χ0v) is 16.5. The van der Waals surface area contributed by atoms with Gasteiger partial charge in [0.25, 0.3) is 0 Å². The molecule has 1 N–H and O–H groups in total. The molecule has 146 valence electrons. The second-order valence-electron chi connectivity index (χ2n) is 8.84. The van der Waals surface area contributed by atoms with Crippen LogP contribution in [0.25, 0.3) is 0 Å². The fraction of sp³-hybridized carbons (Fsp3) is 0.800. The molecule has 3 heterocycles. The molecular weight excluding hydrogens is 328 g/mol. The van der Waals surface area contributed by atoms with E-state index in [9.17, 15) is 4.79 Å². The van der Waals surface area contributed by atoms with Crippen molar-refractivity contribution < 1.29 is 9.53 Å². The van der Waals surface area contributed by atoms with Crippen LogP contribution in [0.1, 0.15) is 46.5 Å². The number of imidazole rings is 1. The number of hydrogen-bond donors (Lipinski definition) is 1. The summed E-state index contributed by atoms with van der Waals surface area (Å²) in [5.41, 5.74) is 0.00271. The predicted molar refractivity (Wildman–Crippen MR) is 102 cm³/mol. The van der Waals surface area contributed by atoms with Crippen molar-refractivity contribution in [3.63, 3.8) is 0 Å². The molecule has 1 atom stereocenters. The molecule has 2 aliphatic heterocycles. The number of hydrogen-bond acceptors (Lipinski definition) is 4. The summed E-state index contributed by atoms with van der Waals surface area (Å²) in [6, 6.07) is 0.744. The lowest BCUT2D eigenvalue weighted by Crippen LogP contribution is -2.51. The van der Waals surface area contributed by atoms with Gasteiger partial charge in [0.2, 0.25) is 5.91 Å². The molecule has 1 aromatic rings. The highest BCUT2D eigenvalue weighted by molar-refractivity contribution is 5.79. The van der Waals surface area contributed by atoms with Crippen molar-refractivity contribution in [2.75, 3.05) is 26.3 Å². The maximum atomic E-state index is 12.9. The van der Waals surface area contributed by atoms with Crippen LogP contribution in [0, 0.1) is 11.3 Å². The van der Waals surface area contributed by atoms with Gasteiger partial charge in [-0.05, 0) is 44.2 Å². The number of nitrogens with one attached hydrogen (secondary N) is 1. The minimum atomic E-state index is 0.00271. The van der Waals surface area contributed by atoms with Gasteiger partial charge in [-0.2, -0.15) is 0 Å². The molecule has 0 aliphatic carbocycles. The molecule has 2 fully saturated rings. The van der Waals surface area contributed by atoms with E-state index in [4.69, 9.17) is 4.74 Å². The van der Waals surface area contributed by atoms with Gasteiger partial charge in [-0.15, -0.1) is 0 Å². The molecule has 1 aromatic heterocycles. The molecule has 2 aliphatic rings. The van der Waals surface area contributed by atoms with Crippen molar-refractivity contribution in [3.8, 4) is 0 Å². The van der Waals surface area contributed by atoms with Crippen LogP contribution in [0.5, 0.6) is 0 Å². The Kier molecular flexibility index (Phi) is 6.35. The topological polar surface area (TPSA) is 59.4 Å². The molecule has 0 unspecified atom stereocenters. The zero-order valence-electron chi connectivity index (χ0n) is 16.5. The number of ether oxygens (including phenoxy) is 1. The van der Waals surface area contributed by atoms with Crippen molar-refractivity contribution >= 4 is 5.91 Å². The van der Waals surface area contributed by atoms with E-state index < -0.39 is 0 Å². The number of carbonyl (C=O) groups is 1. The molecule has 1 amide bonds. The van der Waals surface area contributed by atoms with Gasteiger partial charge < -0.3 is 19.5 Å². The second kappa shape index (κ2) is 8.53. The number of carbonyl (C=O) groups excluding carboxylic acids is 1. The van der Waals surface area contributed by atoms with Crippen LogP contribution in [0.15, 0.2) is 18.7 Å². The van der Waals surface area contributed by atoms with Crippen molar-refractivity contribution in [1.29, 1.82) is 0 Å². The Labute approximate surface area is 157 Å². The smallest absolute Gasteiger partial charge is 0.223 e. The first kappa shape index (κ1) is 19.4. The molecule has 0 aromatic carbocycles. The summed E-state index contributed by atoms with van der Waals surface area (Å²) in [4.78, 5) is 19.6. The van der Waals surface area contributed by atoms with Crippen LogP contribution in [-0.4, -0.2) is 58.7 Å². The summed E-state index contributed by atoms with van der Waals surface area (Å²) >= 11 is 0. The van der Waals surface area contributed by atoms with Gasteiger partial charge in [-0.1, -0.05) is 20.8 Å². The van der Waals surface area contributed by atoms with E-state index in [1.54, 1.807) is 6.20 Å². The van der Waals surface area contributed by atoms with Gasteiger partial charge in [-0.25, -0.2) is 4.98 Å². The lowest BCUT2D eigenvalue weighted by molar-refractivity contribution is -0.128. The Balaban J connectivity index is 1.51. The molecule has 0 spiro atoms. The predicted octanol–water partition coefficient (Wildman–Crippen LogP) is 2.30. The van der Waals surface area contributed by atoms with E-state index in [2.05, 4.69) is 36.0 Å². The summed E-state index contributed by atoms with van der Waals surface area (Å²) in [5, 5.41) is 3.33. The van der Waals surface area contributed by atoms with E-state index in [-0.39, 0.29) is 23.3 Å². The van der Waals surface area contributed by atoms with Crippen molar-refractivity contribution in [2.45, 2.75) is 65.1 Å². The highest BCUT2D eigenvalue weighted by Gasteiger charge is 2.32. The van der Waals surface area contributed by atoms with Gasteiger partial charge >= 0.3 is 0 Å². The maximum absolute atomic E-state index is 12.9. The van der Waals surface area contributed by atoms with Gasteiger partial charge in [0.15, 0.2) is 0 Å². The summed E-state index contributed by atoms with van der Waals surface area (Å²) < 4.78 is 7.52. The van der Waals surface area contributed by atoms with Crippen LogP contribution in [0.4, 0.5) is 0 Å². The first-order valence-electron chi connectivity index (χ1n) is 10.0. The van der Waals surface area contributed by atoms with Gasteiger partial charge in [0, 0.05) is 44.1 Å². The van der Waals surface area contributed by atoms with Gasteiger partial charge in [-0.3, -0.25) is 4.79 Å². The van der Waals surface area contributed by atoms with Gasteiger partial charge in [0.1, 0.15) is 0 Å². The summed E-state index contributed by atoms with van der Waals surface area (Å²) in [5.74, 6) is 0.357. The highest BCUT2D eigenvalue weighted by atomic mass is 16.5. The number of rotatable bonds is 5. The molecule has 0 bridgehead atoms. The van der Waals surface area contributed by atoms with Crippen LogP contribution in [0.3, 0.4) is 0 Å². The number of nitrogens with zero attached hydrogens (tertiary/aromatic N) is 3. The Morgan fingerprint density at radius 1 is 1.23 bits per heavy atom. The van der Waals surface area contributed by atoms with E-state index in [1.165, 1.54) is 0 Å². The Morgan fingerprint density at radius 3 is 2.50 bits per heavy atom. The lowest BCUT2D eigenvalue weighted by atomic mass is 9.85. The van der Waals surface area contributed by atoms with E-state index in [0.29, 0.717) is 6.04 Å². The number of likely N-dealkylation sites (tertiary alicyclic amines) is 1. The summed E-state index contributed by atoms with van der Waals surface area (Å²) in [6.07, 6.45) is 9.75. The lowest BCUT2D eigenvalue weighted by Gasteiger charge is -2.39. The van der Waals surface area contributed by atoms with Crippen LogP contribution < -0.4 is 5.32 Å². The number of amides is 1. The Morgan fingerprint density at radius 2 is 1.92 bits per heavy atom. The third kappa shape index (κ3) is 5.07. The number of piperidine rings is 1. The summed E-state index contributed by atoms with van der Waals surface area (Å²) in [7, 11) is 0. The van der Waals surface area contributed by atoms with Crippen molar-refractivity contribution in [2.24, 2.45) is 11.3 Å². The quantitative estimate of drug-likeness (QED) is 0.873. The highest BCUT2D eigenvalue weighted by Crippen LogP contribution is 2.25. The monoisotopic (exact) mass is 362 g/mol. The zero-order chi connectivity index (χ0) is 18.6. The fourth-order valence-electron chi connectivity index (χ4n) is 4.01. The molecule has 2 saturated heterocycles. The molecule has 0 saturated carbocycles. The standard InChI is InChI=1S/C20H34N4O2/c1-20(2,3)18(14-23-11-8-21-15-23)22-19(25)16-4-9-24(10-5-16)17-6-12-26-13-7-17/h8,11,15-18H,4-7,9-10,12-14H2,1-3H3,(H,22,25)/t18-/m1/s1. The molecule has 26 heavy (non-hydrogen) atoms. The first-order chi connectivity index (χ1) is 12.4. The largest absolute Gasteiger partial charge is 0.381 e. The van der Waals surface area contributed by atoms with Crippen molar-refractivity contribution in [1.82, 2.24) is 19.8 Å². The first-order valence-corrected chi connectivity index (χ1v) is 10.0. The maximum Gasteiger partial charge on any atom is 0.223 e. The van der Waals surface area contributed by atoms with Gasteiger partial charge in [0.05, 0.1) is 12.4 Å². The minimum absolute atomic E-state index is 0.00271. The average molecular weight is 363 g/mol. The van der Waals surface area contributed by atoms with Crippen LogP contribution in [0.2, 0.25) is 0 Å². The fourth-order valence-corrected chi connectivity index (χ4v) is 4.01. The summed E-state index contributed by atoms with van der Waals surface area (Å²) in [6.45, 7) is 11.1. The normalized spacial score (nSPS) is 22.3. The van der Waals surface area contributed by atoms with E-state index in [1.807, 2.05) is 17.1 Å². The van der Waals surface area contributed by atoms with Crippen molar-refractivity contribution in [3.05, 3.63) is 18.7 Å². The second-order valence-corrected chi connectivity index (χ2v) is 8.84. The van der Waals surface area contributed by atoms with E-state index >= 15 is 0 Å². The molecule has 6 nitrogen and oxygen atoms in total.